The van der Waals surface area contributed by atoms with Crippen LogP contribution in [0.15, 0.2) is 16.6 Å². The van der Waals surface area contributed by atoms with Crippen molar-refractivity contribution < 1.29 is 4.79 Å². The fraction of sp³-hybridized carbons (Fsp3) is 0.500. The summed E-state index contributed by atoms with van der Waals surface area (Å²) in [7, 11) is 0. The van der Waals surface area contributed by atoms with Crippen LogP contribution in [0.3, 0.4) is 0 Å². The van der Waals surface area contributed by atoms with Gasteiger partial charge < -0.3 is 10.2 Å². The van der Waals surface area contributed by atoms with Gasteiger partial charge in [0.05, 0.1) is 22.3 Å². The Kier molecular flexibility index (Phi) is 6.00. The maximum atomic E-state index is 12.2. The molecule has 1 heterocycles. The molecule has 0 atom stereocenters. The van der Waals surface area contributed by atoms with Crippen molar-refractivity contribution in [3.8, 4) is 0 Å². The van der Waals surface area contributed by atoms with E-state index in [9.17, 15) is 4.79 Å². The van der Waals surface area contributed by atoms with Crippen LogP contribution in [-0.2, 0) is 4.79 Å². The van der Waals surface area contributed by atoms with Crippen LogP contribution in [0.5, 0.6) is 0 Å². The Morgan fingerprint density at radius 3 is 2.25 bits per heavy atom. The van der Waals surface area contributed by atoms with Crippen LogP contribution in [0.25, 0.3) is 0 Å². The molecule has 1 amide bonds. The van der Waals surface area contributed by atoms with Gasteiger partial charge in [0.1, 0.15) is 0 Å². The van der Waals surface area contributed by atoms with Gasteiger partial charge >= 0.3 is 0 Å². The van der Waals surface area contributed by atoms with E-state index in [0.717, 1.165) is 30.4 Å². The first-order valence-electron chi connectivity index (χ1n) is 6.74. The first-order chi connectivity index (χ1) is 9.58. The third-order valence-corrected chi connectivity index (χ3v) is 4.44. The van der Waals surface area contributed by atoms with Crippen molar-refractivity contribution in [3.05, 3.63) is 26.7 Å². The first-order valence-corrected chi connectivity index (χ1v) is 8.29. The summed E-state index contributed by atoms with van der Waals surface area (Å²) in [6, 6.07) is 3.51. The second kappa shape index (κ2) is 7.53. The zero-order chi connectivity index (χ0) is 14.5. The van der Waals surface area contributed by atoms with Gasteiger partial charge in [0, 0.05) is 17.6 Å². The maximum absolute atomic E-state index is 12.2. The summed E-state index contributed by atoms with van der Waals surface area (Å²) < 4.78 is 0.817. The number of nitrogens with one attached hydrogen (secondary N) is 1. The molecule has 0 bridgehead atoms. The monoisotopic (exact) mass is 378 g/mol. The number of amides is 1. The van der Waals surface area contributed by atoms with E-state index in [1.807, 2.05) is 4.90 Å². The van der Waals surface area contributed by atoms with Crippen LogP contribution in [0.4, 0.5) is 5.69 Å². The Hall–Kier alpha value is -0.450. The Morgan fingerprint density at radius 1 is 1.15 bits per heavy atom. The highest BCUT2D eigenvalue weighted by atomic mass is 79.9. The van der Waals surface area contributed by atoms with Gasteiger partial charge in [-0.1, -0.05) is 52.0 Å². The number of carbonyl (C=O) groups is 1. The maximum Gasteiger partial charge on any atom is 0.241 e. The quantitative estimate of drug-likeness (QED) is 0.834. The summed E-state index contributed by atoms with van der Waals surface area (Å²) in [5.41, 5.74) is 0.611. The van der Waals surface area contributed by atoms with Gasteiger partial charge in [-0.05, 0) is 25.0 Å². The Bertz CT molecular complexity index is 465. The molecule has 110 valence electrons. The third-order valence-electron chi connectivity index (χ3n) is 3.38. The number of rotatable bonds is 3. The highest BCUT2D eigenvalue weighted by Crippen LogP contribution is 2.33. The van der Waals surface area contributed by atoms with E-state index in [2.05, 4.69) is 21.2 Å². The SMILES string of the molecule is O=C(CNc1c(Cl)cc(Br)cc1Cl)N1CCCCCC1. The van der Waals surface area contributed by atoms with Crippen LogP contribution in [-0.4, -0.2) is 30.4 Å². The molecule has 0 aliphatic carbocycles. The van der Waals surface area contributed by atoms with Gasteiger partial charge in [-0.2, -0.15) is 0 Å². The van der Waals surface area contributed by atoms with E-state index in [1.165, 1.54) is 12.8 Å². The number of anilines is 1. The van der Waals surface area contributed by atoms with Crippen LogP contribution >= 0.6 is 39.1 Å². The van der Waals surface area contributed by atoms with Gasteiger partial charge in [0.15, 0.2) is 0 Å². The second-order valence-corrected chi connectivity index (χ2v) is 6.62. The van der Waals surface area contributed by atoms with E-state index in [4.69, 9.17) is 23.2 Å². The Labute approximate surface area is 137 Å². The number of likely N-dealkylation sites (tertiary alicyclic amines) is 1. The van der Waals surface area contributed by atoms with Crippen molar-refractivity contribution in [2.45, 2.75) is 25.7 Å². The number of hydrogen-bond donors (Lipinski definition) is 1. The fourth-order valence-electron chi connectivity index (χ4n) is 2.31. The minimum absolute atomic E-state index is 0.0990. The molecule has 0 aromatic heterocycles. The average molecular weight is 380 g/mol. The molecule has 1 aromatic rings. The molecule has 1 aromatic carbocycles. The smallest absolute Gasteiger partial charge is 0.241 e. The highest BCUT2D eigenvalue weighted by Gasteiger charge is 2.16. The predicted octanol–water partition coefficient (Wildman–Crippen LogP) is 4.57. The molecule has 1 aliphatic rings. The lowest BCUT2D eigenvalue weighted by Crippen LogP contribution is -2.36. The summed E-state index contributed by atoms with van der Waals surface area (Å²) in [6.07, 6.45) is 4.60. The van der Waals surface area contributed by atoms with E-state index < -0.39 is 0 Å². The summed E-state index contributed by atoms with van der Waals surface area (Å²) in [4.78, 5) is 14.1. The first kappa shape index (κ1) is 15.9. The van der Waals surface area contributed by atoms with Gasteiger partial charge in [0.25, 0.3) is 0 Å². The average Bonchev–Trinajstić information content (AvgIpc) is 2.66. The van der Waals surface area contributed by atoms with Crippen LogP contribution in [0.2, 0.25) is 10.0 Å². The second-order valence-electron chi connectivity index (χ2n) is 4.89. The minimum Gasteiger partial charge on any atom is -0.374 e. The number of hydrogen-bond acceptors (Lipinski definition) is 2. The molecule has 1 fully saturated rings. The van der Waals surface area contributed by atoms with Crippen molar-refractivity contribution in [1.29, 1.82) is 0 Å². The van der Waals surface area contributed by atoms with Crippen molar-refractivity contribution in [1.82, 2.24) is 4.90 Å². The molecule has 20 heavy (non-hydrogen) atoms. The van der Waals surface area contributed by atoms with Crippen LogP contribution in [0.1, 0.15) is 25.7 Å². The van der Waals surface area contributed by atoms with Gasteiger partial charge in [-0.25, -0.2) is 0 Å². The van der Waals surface area contributed by atoms with E-state index in [-0.39, 0.29) is 12.5 Å². The molecule has 3 nitrogen and oxygen atoms in total. The lowest BCUT2D eigenvalue weighted by Gasteiger charge is -2.21. The van der Waals surface area contributed by atoms with E-state index >= 15 is 0 Å². The lowest BCUT2D eigenvalue weighted by molar-refractivity contribution is -0.129. The summed E-state index contributed by atoms with van der Waals surface area (Å²) in [5.74, 6) is 0.0990. The normalized spacial score (nSPS) is 15.8. The summed E-state index contributed by atoms with van der Waals surface area (Å²) in [5, 5.41) is 4.06. The Balaban J connectivity index is 1.96. The molecule has 1 saturated heterocycles. The van der Waals surface area contributed by atoms with E-state index in [1.54, 1.807) is 12.1 Å². The summed E-state index contributed by atoms with van der Waals surface area (Å²) in [6.45, 7) is 1.92. The molecular weight excluding hydrogens is 363 g/mol. The number of carbonyl (C=O) groups excluding carboxylic acids is 1. The van der Waals surface area contributed by atoms with Crippen molar-refractivity contribution in [2.75, 3.05) is 25.0 Å². The number of nitrogens with zero attached hydrogens (tertiary/aromatic N) is 1. The van der Waals surface area contributed by atoms with Gasteiger partial charge in [-0.3, -0.25) is 4.79 Å². The molecular formula is C14H17BrCl2N2O. The third kappa shape index (κ3) is 4.27. The van der Waals surface area contributed by atoms with Crippen molar-refractivity contribution in [2.24, 2.45) is 0 Å². The molecule has 2 rings (SSSR count). The molecule has 0 unspecified atom stereocenters. The van der Waals surface area contributed by atoms with Gasteiger partial charge in [0.2, 0.25) is 5.91 Å². The predicted molar refractivity (Wildman–Crippen MR) is 87.7 cm³/mol. The largest absolute Gasteiger partial charge is 0.374 e. The number of benzene rings is 1. The highest BCUT2D eigenvalue weighted by molar-refractivity contribution is 9.10. The molecule has 0 spiro atoms. The summed E-state index contributed by atoms with van der Waals surface area (Å²) >= 11 is 15.6. The Morgan fingerprint density at radius 2 is 1.70 bits per heavy atom. The van der Waals surface area contributed by atoms with Crippen molar-refractivity contribution >= 4 is 50.7 Å². The molecule has 0 radical (unpaired) electrons. The number of halogens is 3. The fourth-order valence-corrected chi connectivity index (χ4v) is 3.65. The van der Waals surface area contributed by atoms with Gasteiger partial charge in [-0.15, -0.1) is 0 Å². The zero-order valence-electron chi connectivity index (χ0n) is 11.1. The van der Waals surface area contributed by atoms with E-state index in [0.29, 0.717) is 15.7 Å². The molecule has 0 saturated carbocycles. The standard InChI is InChI=1S/C14H17BrCl2N2O/c15-10-7-11(16)14(12(17)8-10)18-9-13(20)19-5-3-1-2-4-6-19/h7-8,18H,1-6,9H2. The molecule has 1 aliphatic heterocycles. The van der Waals surface area contributed by atoms with Crippen LogP contribution < -0.4 is 5.32 Å². The van der Waals surface area contributed by atoms with Crippen LogP contribution in [0, 0.1) is 0 Å². The van der Waals surface area contributed by atoms with Crippen molar-refractivity contribution in [3.63, 3.8) is 0 Å². The minimum atomic E-state index is 0.0990. The molecule has 1 N–H and O–H groups in total. The zero-order valence-corrected chi connectivity index (χ0v) is 14.2. The molecule has 6 heteroatoms. The lowest BCUT2D eigenvalue weighted by atomic mass is 10.2. The topological polar surface area (TPSA) is 32.3 Å².